The molecule has 30 heavy (non-hydrogen) atoms. The van der Waals surface area contributed by atoms with Crippen LogP contribution in [0.2, 0.25) is 0 Å². The van der Waals surface area contributed by atoms with Gasteiger partial charge in [0.2, 0.25) is 5.95 Å². The van der Waals surface area contributed by atoms with E-state index in [1.165, 1.54) is 11.6 Å². The van der Waals surface area contributed by atoms with Gasteiger partial charge in [-0.2, -0.15) is 0 Å². The van der Waals surface area contributed by atoms with Crippen LogP contribution in [-0.4, -0.2) is 24.7 Å². The molecule has 0 saturated carbocycles. The molecule has 1 aromatic carbocycles. The molecular weight excluding hydrogens is 417 g/mol. The van der Waals surface area contributed by atoms with Crippen molar-refractivity contribution in [3.05, 3.63) is 55.5 Å². The van der Waals surface area contributed by atoms with Crippen molar-refractivity contribution in [3.8, 4) is 0 Å². The van der Waals surface area contributed by atoms with Crippen LogP contribution in [0.15, 0.2) is 33.9 Å². The van der Waals surface area contributed by atoms with E-state index >= 15 is 0 Å². The molecule has 2 N–H and O–H groups in total. The third-order valence-corrected chi connectivity index (χ3v) is 6.07. The standard InChI is InChI=1S/C19H19N5O4S.Na/c1-9(2)24-16-14(15(25)22(3)19(24)28)13(17(26)27)12(29-16)8-23-11-7-5-4-6-10(11)21-18(23)20;/h4-7,9H,8H2,1-3H3,(H2,20,21)(H,26,27);/q;+1/p-1. The van der Waals surface area contributed by atoms with Crippen molar-refractivity contribution in [2.24, 2.45) is 7.05 Å². The van der Waals surface area contributed by atoms with Crippen LogP contribution in [0.1, 0.15) is 35.1 Å². The van der Waals surface area contributed by atoms with E-state index in [2.05, 4.69) is 4.98 Å². The minimum atomic E-state index is -1.47. The summed E-state index contributed by atoms with van der Waals surface area (Å²) in [6.07, 6.45) is 0. The zero-order valence-electron chi connectivity index (χ0n) is 17.0. The zero-order valence-corrected chi connectivity index (χ0v) is 19.8. The predicted octanol–water partition coefficient (Wildman–Crippen LogP) is -2.31. The summed E-state index contributed by atoms with van der Waals surface area (Å²) < 4.78 is 4.02. The van der Waals surface area contributed by atoms with Crippen LogP contribution in [0.25, 0.3) is 21.3 Å². The van der Waals surface area contributed by atoms with Crippen LogP contribution in [0, 0.1) is 0 Å². The van der Waals surface area contributed by atoms with Crippen LogP contribution in [0.4, 0.5) is 5.95 Å². The molecule has 0 aliphatic rings. The van der Waals surface area contributed by atoms with Gasteiger partial charge < -0.3 is 20.2 Å². The number of aromatic carboxylic acids is 1. The van der Waals surface area contributed by atoms with Crippen molar-refractivity contribution in [2.45, 2.75) is 26.4 Å². The largest absolute Gasteiger partial charge is 1.00 e. The SMILES string of the molecule is CC(C)n1c(=O)n(C)c(=O)c2c(C(=O)[O-])c(Cn3c(N)nc4ccccc43)sc21.[Na+]. The summed E-state index contributed by atoms with van der Waals surface area (Å²) in [4.78, 5) is 42.4. The maximum atomic E-state index is 12.8. The Bertz CT molecular complexity index is 1410. The fourth-order valence-electron chi connectivity index (χ4n) is 3.52. The summed E-state index contributed by atoms with van der Waals surface area (Å²) in [5.74, 6) is -1.25. The second-order valence-electron chi connectivity index (χ2n) is 7.02. The van der Waals surface area contributed by atoms with E-state index in [0.29, 0.717) is 15.2 Å². The third kappa shape index (κ3) is 3.29. The maximum absolute atomic E-state index is 12.8. The van der Waals surface area contributed by atoms with Crippen molar-refractivity contribution in [1.29, 1.82) is 0 Å². The first kappa shape index (κ1) is 22.3. The number of nitrogens with zero attached hydrogens (tertiary/aromatic N) is 4. The first-order chi connectivity index (χ1) is 13.7. The molecule has 150 valence electrons. The van der Waals surface area contributed by atoms with Gasteiger partial charge in [0.15, 0.2) is 0 Å². The minimum absolute atomic E-state index is 0. The molecule has 0 radical (unpaired) electrons. The Morgan fingerprint density at radius 3 is 2.57 bits per heavy atom. The average molecular weight is 435 g/mol. The number of carboxylic acid groups (broad SMARTS) is 1. The fraction of sp³-hybridized carbons (Fsp3) is 0.263. The van der Waals surface area contributed by atoms with Gasteiger partial charge in [-0.3, -0.25) is 13.9 Å². The van der Waals surface area contributed by atoms with E-state index in [9.17, 15) is 19.5 Å². The topological polar surface area (TPSA) is 128 Å². The number of aromatic nitrogens is 4. The van der Waals surface area contributed by atoms with E-state index in [0.717, 1.165) is 21.4 Å². The number of benzene rings is 1. The molecule has 9 nitrogen and oxygen atoms in total. The van der Waals surface area contributed by atoms with E-state index in [1.54, 1.807) is 24.5 Å². The second-order valence-corrected chi connectivity index (χ2v) is 8.11. The summed E-state index contributed by atoms with van der Waals surface area (Å²) in [6.45, 7) is 3.68. The summed E-state index contributed by atoms with van der Waals surface area (Å²) in [5.41, 5.74) is 6.10. The number of anilines is 1. The fourth-order valence-corrected chi connectivity index (χ4v) is 4.92. The van der Waals surface area contributed by atoms with Crippen molar-refractivity contribution >= 4 is 44.5 Å². The molecule has 3 aromatic heterocycles. The molecule has 0 aliphatic carbocycles. The van der Waals surface area contributed by atoms with Crippen LogP contribution in [0.5, 0.6) is 0 Å². The van der Waals surface area contributed by atoms with Crippen molar-refractivity contribution in [1.82, 2.24) is 18.7 Å². The van der Waals surface area contributed by atoms with Crippen LogP contribution in [0.3, 0.4) is 0 Å². The molecule has 11 heteroatoms. The van der Waals surface area contributed by atoms with Crippen LogP contribution >= 0.6 is 11.3 Å². The molecule has 0 atom stereocenters. The van der Waals surface area contributed by atoms with Gasteiger partial charge in [-0.05, 0) is 26.0 Å². The van der Waals surface area contributed by atoms with Gasteiger partial charge in [0.25, 0.3) is 5.56 Å². The number of para-hydroxylation sites is 2. The first-order valence-electron chi connectivity index (χ1n) is 8.91. The molecule has 0 spiro atoms. The molecular formula is C19H18N5NaO4S. The number of nitrogen functional groups attached to an aromatic ring is 1. The average Bonchev–Trinajstić information content (AvgIpc) is 3.18. The Labute approximate surface area is 196 Å². The number of hydrogen-bond donors (Lipinski definition) is 1. The number of hydrogen-bond acceptors (Lipinski definition) is 7. The van der Waals surface area contributed by atoms with Crippen molar-refractivity contribution in [2.75, 3.05) is 5.73 Å². The Morgan fingerprint density at radius 2 is 1.93 bits per heavy atom. The number of rotatable bonds is 4. The van der Waals surface area contributed by atoms with Gasteiger partial charge in [-0.25, -0.2) is 9.78 Å². The molecule has 0 saturated heterocycles. The molecule has 0 bridgehead atoms. The molecule has 3 heterocycles. The van der Waals surface area contributed by atoms with Gasteiger partial charge in [0.05, 0.1) is 28.9 Å². The summed E-state index contributed by atoms with van der Waals surface area (Å²) >= 11 is 1.08. The number of carboxylic acids is 1. The Balaban J connectivity index is 0.00000256. The smallest absolute Gasteiger partial charge is 0.545 e. The van der Waals surface area contributed by atoms with Crippen molar-refractivity contribution < 1.29 is 39.5 Å². The van der Waals surface area contributed by atoms with E-state index in [-0.39, 0.29) is 59.0 Å². The van der Waals surface area contributed by atoms with Crippen LogP contribution in [-0.2, 0) is 13.6 Å². The molecule has 4 aromatic rings. The number of imidazole rings is 1. The summed E-state index contributed by atoms with van der Waals surface area (Å²) in [5, 5.41) is 12.0. The van der Waals surface area contributed by atoms with E-state index in [1.807, 2.05) is 18.2 Å². The maximum Gasteiger partial charge on any atom is 1.00 e. The second kappa shape index (κ2) is 8.03. The van der Waals surface area contributed by atoms with Gasteiger partial charge in [0, 0.05) is 23.5 Å². The van der Waals surface area contributed by atoms with Crippen LogP contribution < -0.4 is 51.6 Å². The monoisotopic (exact) mass is 435 g/mol. The van der Waals surface area contributed by atoms with E-state index in [4.69, 9.17) is 5.73 Å². The Hall–Kier alpha value is -2.40. The van der Waals surface area contributed by atoms with Gasteiger partial charge in [0.1, 0.15) is 4.83 Å². The molecule has 0 amide bonds. The first-order valence-corrected chi connectivity index (χ1v) is 9.73. The van der Waals surface area contributed by atoms with Gasteiger partial charge >= 0.3 is 35.2 Å². The Kier molecular flexibility index (Phi) is 5.96. The molecule has 0 unspecified atom stereocenters. The molecule has 4 rings (SSSR count). The predicted molar refractivity (Wildman–Crippen MR) is 109 cm³/mol. The quantitative estimate of drug-likeness (QED) is 0.359. The third-order valence-electron chi connectivity index (χ3n) is 4.90. The normalized spacial score (nSPS) is 11.3. The number of fused-ring (bicyclic) bond motifs is 2. The molecule has 0 fully saturated rings. The van der Waals surface area contributed by atoms with Gasteiger partial charge in [-0.1, -0.05) is 12.1 Å². The Morgan fingerprint density at radius 1 is 1.27 bits per heavy atom. The minimum Gasteiger partial charge on any atom is -0.545 e. The van der Waals surface area contributed by atoms with E-state index < -0.39 is 17.2 Å². The zero-order chi connectivity index (χ0) is 21.0. The number of carbonyl (C=O) groups excluding carboxylic acids is 1. The van der Waals surface area contributed by atoms with Gasteiger partial charge in [-0.15, -0.1) is 11.3 Å². The summed E-state index contributed by atoms with van der Waals surface area (Å²) in [6, 6.07) is 7.02. The number of nitrogens with two attached hydrogens (primary N) is 1. The number of thiophene rings is 1. The molecule has 0 aliphatic heterocycles. The number of carbonyl (C=O) groups is 1. The van der Waals surface area contributed by atoms with Crippen molar-refractivity contribution in [3.63, 3.8) is 0 Å². The summed E-state index contributed by atoms with van der Waals surface area (Å²) in [7, 11) is 1.33.